The molecule has 27 heavy (non-hydrogen) atoms. The fourth-order valence-corrected chi connectivity index (χ4v) is 2.95. The number of amides is 2. The van der Waals surface area contributed by atoms with E-state index in [-0.39, 0.29) is 25.3 Å². The maximum absolute atomic E-state index is 12.7. The number of carbonyl (C=O) groups excluding carboxylic acids is 2. The number of fused-ring (bicyclic) bond motifs is 1. The first-order chi connectivity index (χ1) is 12.6. The third kappa shape index (κ3) is 5.77. The Morgan fingerprint density at radius 1 is 1.22 bits per heavy atom. The van der Waals surface area contributed by atoms with E-state index in [4.69, 9.17) is 14.2 Å². The number of hydrogen-bond acceptors (Lipinski definition) is 5. The van der Waals surface area contributed by atoms with Crippen molar-refractivity contribution in [2.45, 2.75) is 52.7 Å². The summed E-state index contributed by atoms with van der Waals surface area (Å²) in [5.74, 6) is 1.37. The summed E-state index contributed by atoms with van der Waals surface area (Å²) in [6.07, 6.45) is 0.183. The minimum absolute atomic E-state index is 0.0186. The molecule has 1 atom stereocenters. The molecule has 2 rings (SSSR count). The first kappa shape index (κ1) is 20.9. The summed E-state index contributed by atoms with van der Waals surface area (Å²) in [4.78, 5) is 27.9. The molecule has 0 aliphatic carbocycles. The molecular weight excluding hydrogens is 348 g/mol. The molecule has 0 bridgehead atoms. The largest absolute Gasteiger partial charge is 0.454 e. The van der Waals surface area contributed by atoms with Crippen LogP contribution in [-0.2, 0) is 16.0 Å². The highest BCUT2D eigenvalue weighted by Crippen LogP contribution is 2.33. The van der Waals surface area contributed by atoms with Crippen molar-refractivity contribution in [2.24, 2.45) is 0 Å². The molecule has 0 N–H and O–H groups in total. The third-order valence-corrected chi connectivity index (χ3v) is 4.24. The number of nitrogens with zero attached hydrogens (tertiary/aromatic N) is 2. The molecule has 150 valence electrons. The number of rotatable bonds is 6. The molecule has 7 nitrogen and oxygen atoms in total. The molecule has 1 unspecified atom stereocenters. The standard InChI is InChI=1S/C20H30N2O5/c1-7-22(18(23)12-21(6)19(24)27-20(3,4)5)14(2)10-15-8-9-16-17(11-15)26-13-25-16/h8-9,11,14H,7,10,12-13H2,1-6H3. The lowest BCUT2D eigenvalue weighted by Crippen LogP contribution is -2.46. The molecule has 0 saturated carbocycles. The number of carbonyl (C=O) groups is 2. The van der Waals surface area contributed by atoms with Crippen LogP contribution >= 0.6 is 0 Å². The zero-order valence-electron chi connectivity index (χ0n) is 17.1. The van der Waals surface area contributed by atoms with E-state index in [1.165, 1.54) is 4.90 Å². The van der Waals surface area contributed by atoms with Crippen LogP contribution in [0.15, 0.2) is 18.2 Å². The molecule has 1 aliphatic heterocycles. The van der Waals surface area contributed by atoms with Crippen LogP contribution in [0.25, 0.3) is 0 Å². The molecule has 0 aromatic heterocycles. The van der Waals surface area contributed by atoms with Crippen LogP contribution in [0.2, 0.25) is 0 Å². The van der Waals surface area contributed by atoms with E-state index < -0.39 is 11.7 Å². The van der Waals surface area contributed by atoms with E-state index in [0.717, 1.165) is 17.1 Å². The SMILES string of the molecule is CCN(C(=O)CN(C)C(=O)OC(C)(C)C)C(C)Cc1ccc2c(c1)OCO2. The molecule has 1 heterocycles. The molecule has 1 aromatic rings. The Balaban J connectivity index is 1.96. The van der Waals surface area contributed by atoms with E-state index in [1.807, 2.05) is 32.0 Å². The summed E-state index contributed by atoms with van der Waals surface area (Å²) in [5.41, 5.74) is 0.476. The molecular formula is C20H30N2O5. The summed E-state index contributed by atoms with van der Waals surface area (Å²) in [5, 5.41) is 0. The highest BCUT2D eigenvalue weighted by atomic mass is 16.7. The van der Waals surface area contributed by atoms with E-state index in [0.29, 0.717) is 13.0 Å². The molecule has 0 saturated heterocycles. The number of benzene rings is 1. The second-order valence-electron chi connectivity index (χ2n) is 7.76. The number of likely N-dealkylation sites (N-methyl/N-ethyl adjacent to an activating group) is 2. The Bertz CT molecular complexity index is 683. The molecule has 2 amide bonds. The molecule has 1 aromatic carbocycles. The van der Waals surface area contributed by atoms with Gasteiger partial charge in [-0.05, 0) is 58.7 Å². The Morgan fingerprint density at radius 2 is 1.89 bits per heavy atom. The van der Waals surface area contributed by atoms with Gasteiger partial charge in [-0.3, -0.25) is 4.79 Å². The zero-order valence-corrected chi connectivity index (χ0v) is 17.1. The lowest BCUT2D eigenvalue weighted by Gasteiger charge is -2.31. The van der Waals surface area contributed by atoms with Crippen LogP contribution in [0.3, 0.4) is 0 Å². The monoisotopic (exact) mass is 378 g/mol. The molecule has 0 spiro atoms. The summed E-state index contributed by atoms with van der Waals surface area (Å²) >= 11 is 0. The van der Waals surface area contributed by atoms with Crippen LogP contribution in [0.5, 0.6) is 11.5 Å². The van der Waals surface area contributed by atoms with Gasteiger partial charge in [0, 0.05) is 19.6 Å². The van der Waals surface area contributed by atoms with E-state index >= 15 is 0 Å². The molecule has 0 fully saturated rings. The first-order valence-corrected chi connectivity index (χ1v) is 9.23. The van der Waals surface area contributed by atoms with E-state index in [2.05, 4.69) is 0 Å². The Kier molecular flexibility index (Phi) is 6.57. The molecule has 1 aliphatic rings. The van der Waals surface area contributed by atoms with Crippen molar-refractivity contribution in [2.75, 3.05) is 26.9 Å². The maximum atomic E-state index is 12.7. The second kappa shape index (κ2) is 8.50. The summed E-state index contributed by atoms with van der Waals surface area (Å²) in [6.45, 7) is 10.1. The minimum atomic E-state index is -0.592. The van der Waals surface area contributed by atoms with Gasteiger partial charge in [0.25, 0.3) is 0 Å². The lowest BCUT2D eigenvalue weighted by molar-refractivity contribution is -0.133. The zero-order chi connectivity index (χ0) is 20.2. The topological polar surface area (TPSA) is 68.3 Å². The quantitative estimate of drug-likeness (QED) is 0.761. The predicted molar refractivity (Wildman–Crippen MR) is 102 cm³/mol. The van der Waals surface area contributed by atoms with Crippen molar-refractivity contribution < 1.29 is 23.8 Å². The number of hydrogen-bond donors (Lipinski definition) is 0. The van der Waals surface area contributed by atoms with Crippen LogP contribution < -0.4 is 9.47 Å². The Morgan fingerprint density at radius 3 is 2.52 bits per heavy atom. The second-order valence-corrected chi connectivity index (χ2v) is 7.76. The van der Waals surface area contributed by atoms with Crippen molar-refractivity contribution in [1.82, 2.24) is 9.80 Å². The van der Waals surface area contributed by atoms with Gasteiger partial charge < -0.3 is 24.0 Å². The third-order valence-electron chi connectivity index (χ3n) is 4.24. The van der Waals surface area contributed by atoms with Crippen molar-refractivity contribution >= 4 is 12.0 Å². The van der Waals surface area contributed by atoms with Gasteiger partial charge in [0.15, 0.2) is 11.5 Å². The molecule has 7 heteroatoms. The number of ether oxygens (including phenoxy) is 3. The average Bonchev–Trinajstić information content (AvgIpc) is 3.01. The van der Waals surface area contributed by atoms with Gasteiger partial charge in [0.05, 0.1) is 0 Å². The Hall–Kier alpha value is -2.44. The normalized spacial score (nSPS) is 13.9. The summed E-state index contributed by atoms with van der Waals surface area (Å²) < 4.78 is 16.0. The lowest BCUT2D eigenvalue weighted by atomic mass is 10.0. The van der Waals surface area contributed by atoms with Gasteiger partial charge in [0.1, 0.15) is 12.1 Å². The predicted octanol–water partition coefficient (Wildman–Crippen LogP) is 3.06. The van der Waals surface area contributed by atoms with Crippen molar-refractivity contribution in [1.29, 1.82) is 0 Å². The highest BCUT2D eigenvalue weighted by molar-refractivity contribution is 5.82. The van der Waals surface area contributed by atoms with Gasteiger partial charge in [-0.1, -0.05) is 6.07 Å². The summed E-state index contributed by atoms with van der Waals surface area (Å²) in [7, 11) is 1.57. The van der Waals surface area contributed by atoms with E-state index in [9.17, 15) is 9.59 Å². The maximum Gasteiger partial charge on any atom is 0.410 e. The fraction of sp³-hybridized carbons (Fsp3) is 0.600. The van der Waals surface area contributed by atoms with Crippen LogP contribution in [-0.4, -0.2) is 60.4 Å². The van der Waals surface area contributed by atoms with Gasteiger partial charge >= 0.3 is 6.09 Å². The smallest absolute Gasteiger partial charge is 0.410 e. The fourth-order valence-electron chi connectivity index (χ4n) is 2.95. The minimum Gasteiger partial charge on any atom is -0.454 e. The first-order valence-electron chi connectivity index (χ1n) is 9.23. The average molecular weight is 378 g/mol. The van der Waals surface area contributed by atoms with Crippen molar-refractivity contribution in [3.05, 3.63) is 23.8 Å². The van der Waals surface area contributed by atoms with Gasteiger partial charge in [0.2, 0.25) is 12.7 Å². The molecule has 0 radical (unpaired) electrons. The summed E-state index contributed by atoms with van der Waals surface area (Å²) in [6, 6.07) is 5.80. The van der Waals surface area contributed by atoms with Crippen molar-refractivity contribution in [3.8, 4) is 11.5 Å². The Labute approximate surface area is 161 Å². The van der Waals surface area contributed by atoms with E-state index in [1.54, 1.807) is 32.7 Å². The van der Waals surface area contributed by atoms with Crippen LogP contribution in [0.4, 0.5) is 4.79 Å². The van der Waals surface area contributed by atoms with Gasteiger partial charge in [-0.15, -0.1) is 0 Å². The van der Waals surface area contributed by atoms with Crippen molar-refractivity contribution in [3.63, 3.8) is 0 Å². The highest BCUT2D eigenvalue weighted by Gasteiger charge is 2.25. The van der Waals surface area contributed by atoms with Gasteiger partial charge in [-0.25, -0.2) is 4.79 Å². The van der Waals surface area contributed by atoms with Crippen LogP contribution in [0, 0.1) is 0 Å². The van der Waals surface area contributed by atoms with Crippen LogP contribution in [0.1, 0.15) is 40.2 Å². The van der Waals surface area contributed by atoms with Gasteiger partial charge in [-0.2, -0.15) is 0 Å².